The summed E-state index contributed by atoms with van der Waals surface area (Å²) in [6.45, 7) is 1.84. The summed E-state index contributed by atoms with van der Waals surface area (Å²) in [4.78, 5) is 24.8. The summed E-state index contributed by atoms with van der Waals surface area (Å²) < 4.78 is 15.7. The Bertz CT molecular complexity index is 1140. The Hall–Kier alpha value is -3.67. The van der Waals surface area contributed by atoms with E-state index in [1.807, 2.05) is 37.3 Å². The average molecular weight is 358 g/mol. The summed E-state index contributed by atoms with van der Waals surface area (Å²) in [6.07, 6.45) is 7.54. The molecular weight excluding hydrogens is 343 g/mol. The van der Waals surface area contributed by atoms with Crippen molar-refractivity contribution in [3.63, 3.8) is 0 Å². The number of nitrogens with zero attached hydrogens (tertiary/aromatic N) is 4. The summed E-state index contributed by atoms with van der Waals surface area (Å²) in [5, 5.41) is 0. The predicted molar refractivity (Wildman–Crippen MR) is 99.2 cm³/mol. The molecule has 0 N–H and O–H groups in total. The van der Waals surface area contributed by atoms with Crippen LogP contribution in [0.25, 0.3) is 16.8 Å². The highest BCUT2D eigenvalue weighted by molar-refractivity contribution is 6.07. The molecule has 4 rings (SSSR count). The van der Waals surface area contributed by atoms with Crippen molar-refractivity contribution in [3.8, 4) is 16.8 Å². The fraction of sp³-hybridized carbons (Fsp3) is 0.0476. The number of carbonyl (C=O) groups excluding carboxylic acids is 1. The lowest BCUT2D eigenvalue weighted by Crippen LogP contribution is -2.06. The van der Waals surface area contributed by atoms with Crippen molar-refractivity contribution >= 4 is 5.78 Å². The second-order valence-electron chi connectivity index (χ2n) is 6.07. The van der Waals surface area contributed by atoms with Gasteiger partial charge >= 0.3 is 0 Å². The molecule has 0 aliphatic carbocycles. The Labute approximate surface area is 155 Å². The number of halogens is 1. The van der Waals surface area contributed by atoms with Crippen LogP contribution >= 0.6 is 0 Å². The fourth-order valence-electron chi connectivity index (χ4n) is 2.87. The summed E-state index contributed by atoms with van der Waals surface area (Å²) in [5.74, 6) is -0.620. The van der Waals surface area contributed by atoms with Crippen molar-refractivity contribution in [2.75, 3.05) is 0 Å². The number of benzene rings is 1. The lowest BCUT2D eigenvalue weighted by Gasteiger charge is -2.07. The standard InChI is InChI=1S/C21H15FN4O/c1-14-4-3-8-24-20(14)21(27)19-12-26(13-25-19)16-6-2-5-15(10-16)17-7-9-23-11-18(17)22/h2-13H,1H3. The molecule has 1 aromatic carbocycles. The summed E-state index contributed by atoms with van der Waals surface area (Å²) in [7, 11) is 0. The molecule has 0 amide bonds. The Morgan fingerprint density at radius 3 is 2.78 bits per heavy atom. The van der Waals surface area contributed by atoms with Crippen LogP contribution in [0.3, 0.4) is 0 Å². The van der Waals surface area contributed by atoms with Crippen molar-refractivity contribution in [3.05, 3.63) is 96.3 Å². The van der Waals surface area contributed by atoms with E-state index >= 15 is 0 Å². The molecule has 0 aliphatic heterocycles. The predicted octanol–water partition coefficient (Wildman–Crippen LogP) is 4.01. The summed E-state index contributed by atoms with van der Waals surface area (Å²) in [6, 6.07) is 12.6. The van der Waals surface area contributed by atoms with Gasteiger partial charge in [-0.2, -0.15) is 0 Å². The van der Waals surface area contributed by atoms with Gasteiger partial charge in [-0.3, -0.25) is 14.8 Å². The minimum absolute atomic E-state index is 0.233. The van der Waals surface area contributed by atoms with E-state index in [1.54, 1.807) is 41.6 Å². The number of carbonyl (C=O) groups is 1. The highest BCUT2D eigenvalue weighted by Crippen LogP contribution is 2.24. The average Bonchev–Trinajstić information content (AvgIpc) is 3.19. The molecule has 0 atom stereocenters. The highest BCUT2D eigenvalue weighted by Gasteiger charge is 2.16. The van der Waals surface area contributed by atoms with Gasteiger partial charge in [0.1, 0.15) is 23.5 Å². The first-order chi connectivity index (χ1) is 13.1. The first-order valence-corrected chi connectivity index (χ1v) is 8.34. The molecule has 3 heterocycles. The minimum atomic E-state index is -0.387. The smallest absolute Gasteiger partial charge is 0.231 e. The van der Waals surface area contributed by atoms with Crippen molar-refractivity contribution < 1.29 is 9.18 Å². The first kappa shape index (κ1) is 16.8. The Morgan fingerprint density at radius 2 is 1.96 bits per heavy atom. The topological polar surface area (TPSA) is 60.7 Å². The lowest BCUT2D eigenvalue weighted by atomic mass is 10.1. The molecule has 0 bridgehead atoms. The molecule has 0 unspecified atom stereocenters. The third-order valence-electron chi connectivity index (χ3n) is 4.27. The van der Waals surface area contributed by atoms with Gasteiger partial charge in [-0.15, -0.1) is 0 Å². The van der Waals surface area contributed by atoms with Gasteiger partial charge < -0.3 is 4.57 Å². The molecule has 4 aromatic rings. The van der Waals surface area contributed by atoms with Crippen molar-refractivity contribution in [2.24, 2.45) is 0 Å². The van der Waals surface area contributed by atoms with Crippen LogP contribution in [0.5, 0.6) is 0 Å². The molecule has 0 radical (unpaired) electrons. The van der Waals surface area contributed by atoms with Crippen molar-refractivity contribution in [1.29, 1.82) is 0 Å². The Morgan fingerprint density at radius 1 is 1.07 bits per heavy atom. The molecule has 0 spiro atoms. The molecule has 0 fully saturated rings. The van der Waals surface area contributed by atoms with Crippen LogP contribution in [0.2, 0.25) is 0 Å². The lowest BCUT2D eigenvalue weighted by molar-refractivity contribution is 0.102. The van der Waals surface area contributed by atoms with Gasteiger partial charge in [0.05, 0.1) is 6.20 Å². The van der Waals surface area contributed by atoms with Gasteiger partial charge in [0.2, 0.25) is 5.78 Å². The van der Waals surface area contributed by atoms with Gasteiger partial charge in [-0.1, -0.05) is 18.2 Å². The van der Waals surface area contributed by atoms with Crippen LogP contribution in [0.4, 0.5) is 4.39 Å². The van der Waals surface area contributed by atoms with Gasteiger partial charge in [0.25, 0.3) is 0 Å². The highest BCUT2D eigenvalue weighted by atomic mass is 19.1. The molecule has 132 valence electrons. The van der Waals surface area contributed by atoms with E-state index in [4.69, 9.17) is 0 Å². The summed E-state index contributed by atoms with van der Waals surface area (Å²) in [5.41, 5.74) is 3.44. The number of imidazole rings is 1. The number of ketones is 1. The van der Waals surface area contributed by atoms with Gasteiger partial charge in [0.15, 0.2) is 0 Å². The number of aromatic nitrogens is 4. The third-order valence-corrected chi connectivity index (χ3v) is 4.27. The Balaban J connectivity index is 1.68. The maximum Gasteiger partial charge on any atom is 0.231 e. The van der Waals surface area contributed by atoms with Gasteiger partial charge in [0, 0.05) is 29.8 Å². The first-order valence-electron chi connectivity index (χ1n) is 8.34. The fourth-order valence-corrected chi connectivity index (χ4v) is 2.87. The molecule has 0 saturated carbocycles. The van der Waals surface area contributed by atoms with Crippen LogP contribution in [-0.4, -0.2) is 25.3 Å². The third kappa shape index (κ3) is 3.25. The summed E-state index contributed by atoms with van der Waals surface area (Å²) >= 11 is 0. The van der Waals surface area contributed by atoms with E-state index in [0.29, 0.717) is 17.0 Å². The molecule has 5 nitrogen and oxygen atoms in total. The van der Waals surface area contributed by atoms with E-state index in [2.05, 4.69) is 15.0 Å². The quantitative estimate of drug-likeness (QED) is 0.517. The zero-order valence-electron chi connectivity index (χ0n) is 14.5. The van der Waals surface area contributed by atoms with Crippen LogP contribution in [0, 0.1) is 12.7 Å². The van der Waals surface area contributed by atoms with Crippen molar-refractivity contribution in [1.82, 2.24) is 19.5 Å². The van der Waals surface area contributed by atoms with Crippen LogP contribution < -0.4 is 0 Å². The molecule has 27 heavy (non-hydrogen) atoms. The number of hydrogen-bond acceptors (Lipinski definition) is 4. The van der Waals surface area contributed by atoms with Crippen LogP contribution in [0.1, 0.15) is 21.7 Å². The zero-order valence-corrected chi connectivity index (χ0v) is 14.5. The number of rotatable bonds is 4. The minimum Gasteiger partial charge on any atom is -0.306 e. The second kappa shape index (κ2) is 6.92. The normalized spacial score (nSPS) is 10.7. The van der Waals surface area contributed by atoms with E-state index in [1.165, 1.54) is 6.20 Å². The van der Waals surface area contributed by atoms with Gasteiger partial charge in [-0.25, -0.2) is 9.37 Å². The Kier molecular flexibility index (Phi) is 4.30. The van der Waals surface area contributed by atoms with Crippen LogP contribution in [-0.2, 0) is 0 Å². The molecule has 3 aromatic heterocycles. The SMILES string of the molecule is Cc1cccnc1C(=O)c1cn(-c2cccc(-c3ccncc3F)c2)cn1. The molecule has 0 aliphatic rings. The monoisotopic (exact) mass is 358 g/mol. The molecule has 6 heteroatoms. The van der Waals surface area contributed by atoms with Crippen LogP contribution in [0.15, 0.2) is 73.6 Å². The second-order valence-corrected chi connectivity index (χ2v) is 6.07. The van der Waals surface area contributed by atoms with E-state index < -0.39 is 0 Å². The van der Waals surface area contributed by atoms with E-state index in [-0.39, 0.29) is 11.6 Å². The van der Waals surface area contributed by atoms with Crippen molar-refractivity contribution in [2.45, 2.75) is 6.92 Å². The van der Waals surface area contributed by atoms with E-state index in [0.717, 1.165) is 16.8 Å². The zero-order chi connectivity index (χ0) is 18.8. The van der Waals surface area contributed by atoms with E-state index in [9.17, 15) is 9.18 Å². The number of hydrogen-bond donors (Lipinski definition) is 0. The maximum atomic E-state index is 14.0. The van der Waals surface area contributed by atoms with Gasteiger partial charge in [-0.05, 0) is 42.3 Å². The number of aryl methyl sites for hydroxylation is 1. The largest absolute Gasteiger partial charge is 0.306 e. The maximum absolute atomic E-state index is 14.0. The number of pyridine rings is 2. The molecule has 0 saturated heterocycles. The molecular formula is C21H15FN4O.